The molecule has 23 heavy (non-hydrogen) atoms. The van der Waals surface area contributed by atoms with Crippen molar-refractivity contribution < 1.29 is 9.66 Å². The molecule has 0 aromatic heterocycles. The Morgan fingerprint density at radius 1 is 1.17 bits per heavy atom. The van der Waals surface area contributed by atoms with E-state index in [1.54, 1.807) is 6.07 Å². The number of rotatable bonds is 5. The monoisotopic (exact) mass is 333 g/mol. The summed E-state index contributed by atoms with van der Waals surface area (Å²) in [5.74, 6) is 1.12. The van der Waals surface area contributed by atoms with E-state index in [-0.39, 0.29) is 17.4 Å². The van der Waals surface area contributed by atoms with Gasteiger partial charge >= 0.3 is 0 Å². The van der Waals surface area contributed by atoms with Crippen LogP contribution in [0.5, 0.6) is 11.5 Å². The van der Waals surface area contributed by atoms with Crippen LogP contribution in [0.25, 0.3) is 0 Å². The molecule has 0 atom stereocenters. The van der Waals surface area contributed by atoms with Crippen molar-refractivity contribution in [3.05, 3.63) is 57.6 Å². The van der Waals surface area contributed by atoms with E-state index in [0.717, 1.165) is 11.1 Å². The van der Waals surface area contributed by atoms with Crippen molar-refractivity contribution in [2.45, 2.75) is 13.8 Å². The number of nitro benzene ring substituents is 1. The molecule has 0 heterocycles. The molecule has 6 nitrogen and oxygen atoms in total. The quantitative estimate of drug-likeness (QED) is 0.291. The van der Waals surface area contributed by atoms with Crippen molar-refractivity contribution >= 4 is 28.8 Å². The Hall–Kier alpha value is -2.60. The number of hydrogen-bond acceptors (Lipinski definition) is 4. The van der Waals surface area contributed by atoms with Crippen LogP contribution in [0.15, 0.2) is 41.4 Å². The SMILES string of the molecule is Cc1cc(C)cc(Oc2cc(N=C(N)CCl)cc([N+](=O)[O-])c2)c1. The third kappa shape index (κ3) is 4.69. The molecule has 0 bridgehead atoms. The zero-order valence-electron chi connectivity index (χ0n) is 12.7. The third-order valence-corrected chi connectivity index (χ3v) is 3.20. The molecule has 0 aliphatic heterocycles. The van der Waals surface area contributed by atoms with Crippen LogP contribution in [0.2, 0.25) is 0 Å². The van der Waals surface area contributed by atoms with Gasteiger partial charge in [-0.25, -0.2) is 4.99 Å². The van der Waals surface area contributed by atoms with Gasteiger partial charge in [-0.15, -0.1) is 11.6 Å². The summed E-state index contributed by atoms with van der Waals surface area (Å²) in [7, 11) is 0. The highest BCUT2D eigenvalue weighted by atomic mass is 35.5. The summed E-state index contributed by atoms with van der Waals surface area (Å²) in [5.41, 5.74) is 7.84. The molecular weight excluding hydrogens is 318 g/mol. The van der Waals surface area contributed by atoms with E-state index in [4.69, 9.17) is 22.1 Å². The van der Waals surface area contributed by atoms with Crippen molar-refractivity contribution in [1.29, 1.82) is 0 Å². The van der Waals surface area contributed by atoms with Gasteiger partial charge in [-0.3, -0.25) is 10.1 Å². The van der Waals surface area contributed by atoms with Gasteiger partial charge in [0.15, 0.2) is 0 Å². The summed E-state index contributed by atoms with van der Waals surface area (Å²) >= 11 is 5.59. The maximum absolute atomic E-state index is 11.1. The second kappa shape index (κ2) is 7.11. The number of nitrogens with zero attached hydrogens (tertiary/aromatic N) is 2. The first-order valence-electron chi connectivity index (χ1n) is 6.82. The molecule has 0 fully saturated rings. The summed E-state index contributed by atoms with van der Waals surface area (Å²) in [6.07, 6.45) is 0. The number of benzene rings is 2. The third-order valence-electron chi connectivity index (χ3n) is 2.93. The summed E-state index contributed by atoms with van der Waals surface area (Å²) in [4.78, 5) is 14.6. The Labute approximate surface area is 138 Å². The van der Waals surface area contributed by atoms with Crippen LogP contribution < -0.4 is 10.5 Å². The average Bonchev–Trinajstić information content (AvgIpc) is 2.45. The molecule has 2 rings (SSSR count). The van der Waals surface area contributed by atoms with Crippen molar-refractivity contribution in [3.63, 3.8) is 0 Å². The minimum atomic E-state index is -0.510. The Kier molecular flexibility index (Phi) is 5.18. The predicted octanol–water partition coefficient (Wildman–Crippen LogP) is 4.23. The number of alkyl halides is 1. The van der Waals surface area contributed by atoms with Crippen molar-refractivity contribution in [2.75, 3.05) is 5.88 Å². The first kappa shape index (κ1) is 16.8. The lowest BCUT2D eigenvalue weighted by Crippen LogP contribution is -2.12. The summed E-state index contributed by atoms with van der Waals surface area (Å²) in [6, 6.07) is 9.94. The summed E-state index contributed by atoms with van der Waals surface area (Å²) in [5, 5.41) is 11.1. The fraction of sp³-hybridized carbons (Fsp3) is 0.188. The van der Waals surface area contributed by atoms with Gasteiger partial charge < -0.3 is 10.5 Å². The lowest BCUT2D eigenvalue weighted by atomic mass is 10.1. The Morgan fingerprint density at radius 2 is 1.78 bits per heavy atom. The number of hydrogen-bond donors (Lipinski definition) is 1. The smallest absolute Gasteiger partial charge is 0.275 e. The number of ether oxygens (including phenoxy) is 1. The molecule has 2 aromatic carbocycles. The number of halogens is 1. The van der Waals surface area contributed by atoms with E-state index in [2.05, 4.69) is 4.99 Å². The topological polar surface area (TPSA) is 90.8 Å². The first-order valence-corrected chi connectivity index (χ1v) is 7.35. The second-order valence-electron chi connectivity index (χ2n) is 5.10. The minimum absolute atomic E-state index is 0.0377. The average molecular weight is 334 g/mol. The van der Waals surface area contributed by atoms with Crippen LogP contribution in [0.1, 0.15) is 11.1 Å². The Morgan fingerprint density at radius 3 is 2.35 bits per heavy atom. The number of aliphatic imine (C=N–C) groups is 1. The summed E-state index contributed by atoms with van der Waals surface area (Å²) in [6.45, 7) is 3.90. The number of nitrogens with two attached hydrogens (primary N) is 1. The molecule has 2 aromatic rings. The van der Waals surface area contributed by atoms with E-state index >= 15 is 0 Å². The molecule has 0 spiro atoms. The molecule has 120 valence electrons. The molecule has 0 aliphatic rings. The maximum Gasteiger partial charge on any atom is 0.275 e. The largest absolute Gasteiger partial charge is 0.457 e. The molecule has 0 unspecified atom stereocenters. The molecule has 0 saturated heterocycles. The van der Waals surface area contributed by atoms with Crippen molar-refractivity contribution in [1.82, 2.24) is 0 Å². The fourth-order valence-corrected chi connectivity index (χ4v) is 2.18. The van der Waals surface area contributed by atoms with Gasteiger partial charge in [-0.05, 0) is 37.1 Å². The van der Waals surface area contributed by atoms with Crippen molar-refractivity contribution in [2.24, 2.45) is 10.7 Å². The van der Waals surface area contributed by atoms with Crippen LogP contribution in [-0.4, -0.2) is 16.6 Å². The molecule has 0 saturated carbocycles. The second-order valence-corrected chi connectivity index (χ2v) is 5.37. The number of nitro groups is 1. The van der Waals surface area contributed by atoms with Crippen LogP contribution in [0.4, 0.5) is 11.4 Å². The van der Waals surface area contributed by atoms with E-state index in [9.17, 15) is 10.1 Å². The predicted molar refractivity (Wildman–Crippen MR) is 91.1 cm³/mol. The van der Waals surface area contributed by atoms with Gasteiger partial charge in [0.05, 0.1) is 22.6 Å². The highest BCUT2D eigenvalue weighted by Gasteiger charge is 2.12. The fourth-order valence-electron chi connectivity index (χ4n) is 2.12. The van der Waals surface area contributed by atoms with Gasteiger partial charge in [0.1, 0.15) is 17.3 Å². The molecular formula is C16H16ClN3O3. The van der Waals surface area contributed by atoms with Gasteiger partial charge in [0, 0.05) is 12.1 Å². The maximum atomic E-state index is 11.1. The van der Waals surface area contributed by atoms with Gasteiger partial charge in [-0.2, -0.15) is 0 Å². The summed E-state index contributed by atoms with van der Waals surface area (Å²) < 4.78 is 5.74. The zero-order valence-corrected chi connectivity index (χ0v) is 13.5. The van der Waals surface area contributed by atoms with Gasteiger partial charge in [0.2, 0.25) is 0 Å². The lowest BCUT2D eigenvalue weighted by Gasteiger charge is -2.09. The zero-order chi connectivity index (χ0) is 17.0. The van der Waals surface area contributed by atoms with Crippen LogP contribution >= 0.6 is 11.6 Å². The molecule has 0 amide bonds. The van der Waals surface area contributed by atoms with Crippen LogP contribution in [-0.2, 0) is 0 Å². The van der Waals surface area contributed by atoms with E-state index in [1.165, 1.54) is 12.1 Å². The molecule has 0 radical (unpaired) electrons. The highest BCUT2D eigenvalue weighted by molar-refractivity contribution is 6.28. The van der Waals surface area contributed by atoms with Gasteiger partial charge in [-0.1, -0.05) is 6.07 Å². The number of amidine groups is 1. The normalized spacial score (nSPS) is 11.3. The molecule has 7 heteroatoms. The molecule has 0 aliphatic carbocycles. The van der Waals surface area contributed by atoms with Gasteiger partial charge in [0.25, 0.3) is 5.69 Å². The number of aryl methyl sites for hydroxylation is 2. The standard InChI is InChI=1S/C16H16ClN3O3/c1-10-3-11(2)5-14(4-10)23-15-7-12(19-16(18)9-17)6-13(8-15)20(21)22/h3-8H,9H2,1-2H3,(H2,18,19). The Bertz CT molecular complexity index is 755. The van der Waals surface area contributed by atoms with Crippen molar-refractivity contribution in [3.8, 4) is 11.5 Å². The van der Waals surface area contributed by atoms with E-state index < -0.39 is 4.92 Å². The van der Waals surface area contributed by atoms with E-state index in [1.807, 2.05) is 32.0 Å². The lowest BCUT2D eigenvalue weighted by molar-refractivity contribution is -0.384. The minimum Gasteiger partial charge on any atom is -0.457 e. The molecule has 2 N–H and O–H groups in total. The first-order chi connectivity index (χ1) is 10.9. The Balaban J connectivity index is 2.42. The van der Waals surface area contributed by atoms with Crippen LogP contribution in [0.3, 0.4) is 0 Å². The van der Waals surface area contributed by atoms with E-state index in [0.29, 0.717) is 17.2 Å². The number of non-ortho nitro benzene ring substituents is 1. The van der Waals surface area contributed by atoms with Crippen LogP contribution in [0, 0.1) is 24.0 Å². The highest BCUT2D eigenvalue weighted by Crippen LogP contribution is 2.31.